The number of hydrogen-bond acceptors (Lipinski definition) is 6. The van der Waals surface area contributed by atoms with Gasteiger partial charge in [0.2, 0.25) is 0 Å². The van der Waals surface area contributed by atoms with Crippen molar-refractivity contribution in [2.75, 3.05) is 26.2 Å². The van der Waals surface area contributed by atoms with Gasteiger partial charge in [0.25, 0.3) is 0 Å². The summed E-state index contributed by atoms with van der Waals surface area (Å²) in [4.78, 5) is 6.79. The van der Waals surface area contributed by atoms with E-state index in [0.29, 0.717) is 23.9 Å². The molecule has 1 heterocycles. The van der Waals surface area contributed by atoms with Gasteiger partial charge in [-0.3, -0.25) is 9.89 Å². The Bertz CT molecular complexity index is 799. The molecule has 0 aliphatic carbocycles. The molecule has 2 aromatic carbocycles. The lowest BCUT2D eigenvalue weighted by Crippen LogP contribution is -2.37. The van der Waals surface area contributed by atoms with Crippen molar-refractivity contribution < 1.29 is 10.2 Å². The number of aliphatic imine (C=N–C) groups is 1. The zero-order valence-electron chi connectivity index (χ0n) is 16.0. The predicted octanol–water partition coefficient (Wildman–Crippen LogP) is 2.69. The lowest BCUT2D eigenvalue weighted by atomic mass is 9.89. The molecule has 2 aromatic rings. The molecule has 28 heavy (non-hydrogen) atoms. The van der Waals surface area contributed by atoms with Crippen LogP contribution in [0.2, 0.25) is 0 Å². The number of nitrogens with two attached hydrogens (primary N) is 1. The van der Waals surface area contributed by atoms with Crippen LogP contribution in [0.5, 0.6) is 5.75 Å². The second-order valence-corrected chi connectivity index (χ2v) is 7.15. The molecule has 1 aliphatic rings. The summed E-state index contributed by atoms with van der Waals surface area (Å²) >= 11 is 0. The van der Waals surface area contributed by atoms with E-state index in [1.54, 1.807) is 12.3 Å². The highest BCUT2D eigenvalue weighted by Gasteiger charge is 2.21. The van der Waals surface area contributed by atoms with E-state index in [1.807, 2.05) is 42.5 Å². The van der Waals surface area contributed by atoms with E-state index in [4.69, 9.17) is 5.84 Å². The van der Waals surface area contributed by atoms with Crippen LogP contribution in [0.1, 0.15) is 35.9 Å². The van der Waals surface area contributed by atoms with Gasteiger partial charge in [-0.25, -0.2) is 0 Å². The lowest BCUT2D eigenvalue weighted by molar-refractivity contribution is 0.239. The van der Waals surface area contributed by atoms with Crippen molar-refractivity contribution in [1.29, 1.82) is 0 Å². The standard InChI is InChI=1S/C22H28N4O2/c23-25-20(14-24-22(16-27)18-5-2-1-3-6-18)15-26-11-9-17(10-12-26)19-7-4-8-21(28)13-19/h1-8,13-14,17,22,27-28H,9-12,15-16,23H2. The molecule has 0 spiro atoms. The van der Waals surface area contributed by atoms with Crippen molar-refractivity contribution in [2.45, 2.75) is 24.8 Å². The maximum Gasteiger partial charge on any atom is 0.115 e. The molecule has 0 amide bonds. The molecule has 0 saturated carbocycles. The second-order valence-electron chi connectivity index (χ2n) is 7.15. The van der Waals surface area contributed by atoms with Gasteiger partial charge in [-0.05, 0) is 55.1 Å². The summed E-state index contributed by atoms with van der Waals surface area (Å²) in [5.41, 5.74) is 2.86. The summed E-state index contributed by atoms with van der Waals surface area (Å²) < 4.78 is 0. The first kappa shape index (κ1) is 20.0. The van der Waals surface area contributed by atoms with E-state index in [0.717, 1.165) is 31.5 Å². The number of aliphatic hydroxyl groups excluding tert-OH is 1. The zero-order valence-corrected chi connectivity index (χ0v) is 16.0. The third kappa shape index (κ3) is 5.41. The first-order chi connectivity index (χ1) is 13.7. The zero-order chi connectivity index (χ0) is 19.8. The van der Waals surface area contributed by atoms with Gasteiger partial charge >= 0.3 is 0 Å². The quantitative estimate of drug-likeness (QED) is 0.391. The maximum atomic E-state index is 9.68. The Labute approximate surface area is 166 Å². The molecule has 6 nitrogen and oxygen atoms in total. The largest absolute Gasteiger partial charge is 0.508 e. The number of phenols is 1. The molecule has 0 radical (unpaired) electrons. The number of hydrogen-bond donors (Lipinski definition) is 3. The van der Waals surface area contributed by atoms with Gasteiger partial charge in [0, 0.05) is 12.8 Å². The molecule has 1 aliphatic heterocycles. The molecule has 148 valence electrons. The fourth-order valence-electron chi connectivity index (χ4n) is 3.64. The molecular weight excluding hydrogens is 352 g/mol. The SMILES string of the molecule is NN=C(C=NC(CO)c1ccccc1)CN1CCC(c2cccc(O)c2)CC1. The van der Waals surface area contributed by atoms with Gasteiger partial charge in [0.15, 0.2) is 0 Å². The number of piperidine rings is 1. The van der Waals surface area contributed by atoms with Crippen LogP contribution in [0.3, 0.4) is 0 Å². The normalized spacial score (nSPS) is 17.8. The topological polar surface area (TPSA) is 94.4 Å². The van der Waals surface area contributed by atoms with Gasteiger partial charge in [-0.2, -0.15) is 5.10 Å². The monoisotopic (exact) mass is 380 g/mol. The van der Waals surface area contributed by atoms with E-state index >= 15 is 0 Å². The Hall–Kier alpha value is -2.70. The van der Waals surface area contributed by atoms with Gasteiger partial charge in [0.05, 0.1) is 18.4 Å². The van der Waals surface area contributed by atoms with Crippen molar-refractivity contribution in [1.82, 2.24) is 4.90 Å². The molecule has 1 atom stereocenters. The molecule has 0 bridgehead atoms. The van der Waals surface area contributed by atoms with E-state index < -0.39 is 0 Å². The third-order valence-electron chi connectivity index (χ3n) is 5.24. The van der Waals surface area contributed by atoms with Crippen LogP contribution in [0.4, 0.5) is 0 Å². The second kappa shape index (κ2) is 10.0. The molecule has 0 aromatic heterocycles. The number of nitrogens with zero attached hydrogens (tertiary/aromatic N) is 3. The van der Waals surface area contributed by atoms with Crippen molar-refractivity contribution in [3.63, 3.8) is 0 Å². The first-order valence-electron chi connectivity index (χ1n) is 9.66. The van der Waals surface area contributed by atoms with Crippen LogP contribution in [0, 0.1) is 0 Å². The number of benzene rings is 2. The summed E-state index contributed by atoms with van der Waals surface area (Å²) in [6.45, 7) is 2.46. The number of likely N-dealkylation sites (tertiary alicyclic amines) is 1. The minimum absolute atomic E-state index is 0.0618. The van der Waals surface area contributed by atoms with Crippen LogP contribution >= 0.6 is 0 Å². The molecular formula is C22H28N4O2. The van der Waals surface area contributed by atoms with E-state index in [2.05, 4.69) is 21.1 Å². The third-order valence-corrected chi connectivity index (χ3v) is 5.24. The first-order valence-corrected chi connectivity index (χ1v) is 9.66. The van der Waals surface area contributed by atoms with Crippen LogP contribution in [-0.4, -0.2) is 53.3 Å². The van der Waals surface area contributed by atoms with Gasteiger partial charge in [-0.1, -0.05) is 42.5 Å². The van der Waals surface area contributed by atoms with Crippen LogP contribution in [0.15, 0.2) is 64.7 Å². The smallest absolute Gasteiger partial charge is 0.115 e. The molecule has 1 fully saturated rings. The number of hydrazone groups is 1. The molecule has 4 N–H and O–H groups in total. The van der Waals surface area contributed by atoms with Gasteiger partial charge in [0.1, 0.15) is 5.75 Å². The number of aromatic hydroxyl groups is 1. The predicted molar refractivity (Wildman–Crippen MR) is 113 cm³/mol. The summed E-state index contributed by atoms with van der Waals surface area (Å²) in [6.07, 6.45) is 3.73. The van der Waals surface area contributed by atoms with Gasteiger partial charge in [-0.15, -0.1) is 0 Å². The summed E-state index contributed by atoms with van der Waals surface area (Å²) in [5.74, 6) is 6.36. The average molecular weight is 380 g/mol. The Morgan fingerprint density at radius 1 is 1.14 bits per heavy atom. The Morgan fingerprint density at radius 3 is 2.54 bits per heavy atom. The Balaban J connectivity index is 1.54. The van der Waals surface area contributed by atoms with Crippen LogP contribution < -0.4 is 5.84 Å². The Kier molecular flexibility index (Phi) is 7.17. The summed E-state index contributed by atoms with van der Waals surface area (Å²) in [5, 5.41) is 23.2. The highest BCUT2D eigenvalue weighted by molar-refractivity contribution is 6.31. The van der Waals surface area contributed by atoms with Crippen molar-refractivity contribution in [2.24, 2.45) is 15.9 Å². The summed E-state index contributed by atoms with van der Waals surface area (Å²) in [6, 6.07) is 16.9. The Morgan fingerprint density at radius 2 is 1.89 bits per heavy atom. The summed E-state index contributed by atoms with van der Waals surface area (Å²) in [7, 11) is 0. The molecule has 1 unspecified atom stereocenters. The number of aliphatic hydroxyl groups is 1. The van der Waals surface area contributed by atoms with Gasteiger partial charge < -0.3 is 16.1 Å². The maximum absolute atomic E-state index is 9.68. The van der Waals surface area contributed by atoms with Crippen LogP contribution in [-0.2, 0) is 0 Å². The molecule has 6 heteroatoms. The highest BCUT2D eigenvalue weighted by Crippen LogP contribution is 2.29. The fourth-order valence-corrected chi connectivity index (χ4v) is 3.64. The van der Waals surface area contributed by atoms with E-state index in [9.17, 15) is 10.2 Å². The van der Waals surface area contributed by atoms with Crippen LogP contribution in [0.25, 0.3) is 0 Å². The van der Waals surface area contributed by atoms with E-state index in [-0.39, 0.29) is 12.6 Å². The lowest BCUT2D eigenvalue weighted by Gasteiger charge is -2.32. The number of rotatable bonds is 7. The fraction of sp³-hybridized carbons (Fsp3) is 0.364. The van der Waals surface area contributed by atoms with Crippen molar-refractivity contribution >= 4 is 11.9 Å². The van der Waals surface area contributed by atoms with Crippen molar-refractivity contribution in [3.05, 3.63) is 65.7 Å². The average Bonchev–Trinajstić information content (AvgIpc) is 2.74. The highest BCUT2D eigenvalue weighted by atomic mass is 16.3. The van der Waals surface area contributed by atoms with Crippen molar-refractivity contribution in [3.8, 4) is 5.75 Å². The molecule has 1 saturated heterocycles. The number of phenolic OH excluding ortho intramolecular Hbond substituents is 1. The van der Waals surface area contributed by atoms with E-state index in [1.165, 1.54) is 5.56 Å². The minimum Gasteiger partial charge on any atom is -0.508 e. The molecule has 3 rings (SSSR count). The minimum atomic E-state index is -0.311.